The SMILES string of the molecule is O=C(Cn1ccc([C@H]2CCCNC2)n1)NCCN1CCC(c2ccccc2)CC1. The zero-order valence-electron chi connectivity index (χ0n) is 17.2. The van der Waals surface area contributed by atoms with E-state index in [-0.39, 0.29) is 5.91 Å². The second-order valence-corrected chi connectivity index (χ2v) is 8.36. The van der Waals surface area contributed by atoms with Crippen LogP contribution in [0.4, 0.5) is 0 Å². The fourth-order valence-electron chi connectivity index (χ4n) is 4.56. The van der Waals surface area contributed by atoms with Crippen molar-refractivity contribution in [1.82, 2.24) is 25.3 Å². The van der Waals surface area contributed by atoms with Gasteiger partial charge in [-0.15, -0.1) is 0 Å². The lowest BCUT2D eigenvalue weighted by atomic mass is 9.89. The molecule has 6 nitrogen and oxygen atoms in total. The lowest BCUT2D eigenvalue weighted by Gasteiger charge is -2.32. The Morgan fingerprint density at radius 2 is 1.93 bits per heavy atom. The van der Waals surface area contributed by atoms with E-state index in [1.165, 1.54) is 31.2 Å². The molecule has 29 heavy (non-hydrogen) atoms. The highest BCUT2D eigenvalue weighted by molar-refractivity contribution is 5.75. The molecule has 2 N–H and O–H groups in total. The number of aromatic nitrogens is 2. The lowest BCUT2D eigenvalue weighted by molar-refractivity contribution is -0.121. The molecule has 0 bridgehead atoms. The largest absolute Gasteiger partial charge is 0.353 e. The molecule has 0 unspecified atom stereocenters. The average molecular weight is 396 g/mol. The van der Waals surface area contributed by atoms with Crippen molar-refractivity contribution < 1.29 is 4.79 Å². The van der Waals surface area contributed by atoms with E-state index < -0.39 is 0 Å². The van der Waals surface area contributed by atoms with Gasteiger partial charge in [0.05, 0.1) is 5.69 Å². The second-order valence-electron chi connectivity index (χ2n) is 8.36. The van der Waals surface area contributed by atoms with E-state index in [4.69, 9.17) is 0 Å². The number of carbonyl (C=O) groups excluding carboxylic acids is 1. The molecule has 1 atom stereocenters. The highest BCUT2D eigenvalue weighted by atomic mass is 16.2. The molecule has 1 amide bonds. The summed E-state index contributed by atoms with van der Waals surface area (Å²) in [5.41, 5.74) is 2.56. The molecule has 1 aromatic carbocycles. The number of nitrogens with one attached hydrogen (secondary N) is 2. The van der Waals surface area contributed by atoms with Crippen LogP contribution in [-0.2, 0) is 11.3 Å². The van der Waals surface area contributed by atoms with E-state index in [1.807, 2.05) is 6.20 Å². The molecule has 156 valence electrons. The number of rotatable bonds is 7. The predicted molar refractivity (Wildman–Crippen MR) is 115 cm³/mol. The van der Waals surface area contributed by atoms with E-state index >= 15 is 0 Å². The topological polar surface area (TPSA) is 62.2 Å². The van der Waals surface area contributed by atoms with Crippen molar-refractivity contribution in [3.8, 4) is 0 Å². The predicted octanol–water partition coefficient (Wildman–Crippen LogP) is 2.35. The Bertz CT molecular complexity index is 761. The van der Waals surface area contributed by atoms with E-state index in [9.17, 15) is 4.79 Å². The summed E-state index contributed by atoms with van der Waals surface area (Å²) in [5.74, 6) is 1.20. The molecule has 0 radical (unpaired) electrons. The van der Waals surface area contributed by atoms with Crippen molar-refractivity contribution in [2.45, 2.75) is 44.1 Å². The molecular formula is C23H33N5O. The second kappa shape index (κ2) is 10.0. The third kappa shape index (κ3) is 5.67. The summed E-state index contributed by atoms with van der Waals surface area (Å²) in [6.45, 7) is 6.23. The zero-order valence-corrected chi connectivity index (χ0v) is 17.2. The van der Waals surface area contributed by atoms with Crippen molar-refractivity contribution in [3.05, 3.63) is 53.9 Å². The summed E-state index contributed by atoms with van der Waals surface area (Å²) in [6.07, 6.45) is 6.70. The molecule has 1 aromatic heterocycles. The summed E-state index contributed by atoms with van der Waals surface area (Å²) >= 11 is 0. The molecule has 2 saturated heterocycles. The van der Waals surface area contributed by atoms with Gasteiger partial charge in [0.2, 0.25) is 5.91 Å². The minimum atomic E-state index is 0.0422. The van der Waals surface area contributed by atoms with Crippen LogP contribution in [0.2, 0.25) is 0 Å². The summed E-state index contributed by atoms with van der Waals surface area (Å²) in [6, 6.07) is 12.9. The van der Waals surface area contributed by atoms with Crippen LogP contribution in [0.1, 0.15) is 48.8 Å². The van der Waals surface area contributed by atoms with Gasteiger partial charge in [-0.2, -0.15) is 5.10 Å². The first-order chi connectivity index (χ1) is 14.3. The van der Waals surface area contributed by atoms with Gasteiger partial charge in [0.15, 0.2) is 0 Å². The highest BCUT2D eigenvalue weighted by Gasteiger charge is 2.20. The molecule has 2 aliphatic rings. The molecular weight excluding hydrogens is 362 g/mol. The minimum absolute atomic E-state index is 0.0422. The van der Waals surface area contributed by atoms with Crippen molar-refractivity contribution in [2.75, 3.05) is 39.3 Å². The van der Waals surface area contributed by atoms with Crippen LogP contribution in [0.25, 0.3) is 0 Å². The smallest absolute Gasteiger partial charge is 0.241 e. The summed E-state index contributed by atoms with van der Waals surface area (Å²) in [4.78, 5) is 14.7. The number of piperidine rings is 2. The van der Waals surface area contributed by atoms with Gasteiger partial charge in [-0.05, 0) is 62.9 Å². The number of hydrogen-bond acceptors (Lipinski definition) is 4. The maximum absolute atomic E-state index is 12.3. The van der Waals surface area contributed by atoms with Crippen molar-refractivity contribution in [3.63, 3.8) is 0 Å². The van der Waals surface area contributed by atoms with Gasteiger partial charge < -0.3 is 15.5 Å². The van der Waals surface area contributed by atoms with Gasteiger partial charge in [-0.3, -0.25) is 9.48 Å². The Morgan fingerprint density at radius 1 is 1.10 bits per heavy atom. The number of hydrogen-bond donors (Lipinski definition) is 2. The minimum Gasteiger partial charge on any atom is -0.353 e. The van der Waals surface area contributed by atoms with Gasteiger partial charge in [0, 0.05) is 31.7 Å². The average Bonchev–Trinajstić information content (AvgIpc) is 3.24. The van der Waals surface area contributed by atoms with Crippen molar-refractivity contribution >= 4 is 5.91 Å². The number of benzene rings is 1. The molecule has 0 spiro atoms. The van der Waals surface area contributed by atoms with E-state index in [2.05, 4.69) is 57.0 Å². The standard InChI is InChI=1S/C23H33N5O/c29-23(18-28-15-10-22(26-28)21-7-4-11-24-17-21)25-12-16-27-13-8-20(9-14-27)19-5-2-1-3-6-19/h1-3,5-6,10,15,20-21,24H,4,7-9,11-14,16-18H2,(H,25,29)/t21-/m0/s1. The molecule has 2 fully saturated rings. The summed E-state index contributed by atoms with van der Waals surface area (Å²) in [7, 11) is 0. The molecule has 4 rings (SSSR count). The third-order valence-electron chi connectivity index (χ3n) is 6.29. The van der Waals surface area contributed by atoms with Gasteiger partial charge >= 0.3 is 0 Å². The molecule has 6 heteroatoms. The first-order valence-corrected chi connectivity index (χ1v) is 11.1. The lowest BCUT2D eigenvalue weighted by Crippen LogP contribution is -2.40. The van der Waals surface area contributed by atoms with E-state index in [0.717, 1.165) is 38.4 Å². The van der Waals surface area contributed by atoms with Gasteiger partial charge in [0.25, 0.3) is 0 Å². The Morgan fingerprint density at radius 3 is 2.69 bits per heavy atom. The quantitative estimate of drug-likeness (QED) is 0.755. The number of nitrogens with zero attached hydrogens (tertiary/aromatic N) is 3. The molecule has 0 saturated carbocycles. The Hall–Kier alpha value is -2.18. The molecule has 0 aliphatic carbocycles. The summed E-state index contributed by atoms with van der Waals surface area (Å²) < 4.78 is 1.77. The van der Waals surface area contributed by atoms with Crippen LogP contribution in [0.3, 0.4) is 0 Å². The van der Waals surface area contributed by atoms with E-state index in [1.54, 1.807) is 4.68 Å². The fraction of sp³-hybridized carbons (Fsp3) is 0.565. The molecule has 2 aromatic rings. The maximum Gasteiger partial charge on any atom is 0.241 e. The monoisotopic (exact) mass is 395 g/mol. The van der Waals surface area contributed by atoms with Crippen LogP contribution < -0.4 is 10.6 Å². The number of amides is 1. The Labute approximate surface area is 173 Å². The fourth-order valence-corrected chi connectivity index (χ4v) is 4.56. The Balaban J connectivity index is 1.14. The van der Waals surface area contributed by atoms with Crippen LogP contribution >= 0.6 is 0 Å². The zero-order chi connectivity index (χ0) is 19.9. The van der Waals surface area contributed by atoms with Crippen LogP contribution in [0.5, 0.6) is 0 Å². The van der Waals surface area contributed by atoms with Gasteiger partial charge in [-0.25, -0.2) is 0 Å². The van der Waals surface area contributed by atoms with Gasteiger partial charge in [-0.1, -0.05) is 30.3 Å². The molecule has 2 aliphatic heterocycles. The first-order valence-electron chi connectivity index (χ1n) is 11.1. The van der Waals surface area contributed by atoms with Crippen LogP contribution in [0, 0.1) is 0 Å². The van der Waals surface area contributed by atoms with Crippen molar-refractivity contribution in [1.29, 1.82) is 0 Å². The van der Waals surface area contributed by atoms with Crippen LogP contribution in [-0.4, -0.2) is 59.9 Å². The van der Waals surface area contributed by atoms with Gasteiger partial charge in [0.1, 0.15) is 6.54 Å². The summed E-state index contributed by atoms with van der Waals surface area (Å²) in [5, 5.41) is 11.1. The Kier molecular flexibility index (Phi) is 6.96. The number of carbonyl (C=O) groups is 1. The number of likely N-dealkylation sites (tertiary alicyclic amines) is 1. The normalized spacial score (nSPS) is 21.2. The van der Waals surface area contributed by atoms with Crippen LogP contribution in [0.15, 0.2) is 42.6 Å². The highest BCUT2D eigenvalue weighted by Crippen LogP contribution is 2.27. The third-order valence-corrected chi connectivity index (χ3v) is 6.29. The molecule has 3 heterocycles. The van der Waals surface area contributed by atoms with E-state index in [0.29, 0.717) is 24.9 Å². The first kappa shape index (κ1) is 20.1. The maximum atomic E-state index is 12.3. The van der Waals surface area contributed by atoms with Crippen molar-refractivity contribution in [2.24, 2.45) is 0 Å².